The van der Waals surface area contributed by atoms with Crippen LogP contribution in [0.3, 0.4) is 0 Å². The van der Waals surface area contributed by atoms with E-state index < -0.39 is 11.4 Å². The molecule has 18 heavy (non-hydrogen) atoms. The number of carbonyl (C=O) groups is 1. The van der Waals surface area contributed by atoms with Gasteiger partial charge in [-0.1, -0.05) is 11.6 Å². The number of rotatable bonds is 2. The maximum absolute atomic E-state index is 11.5. The lowest BCUT2D eigenvalue weighted by atomic mass is 9.79. The Labute approximate surface area is 111 Å². The normalized spacial score (nSPS) is 28.3. The largest absolute Gasteiger partial charge is 0.368 e. The van der Waals surface area contributed by atoms with E-state index in [-0.39, 0.29) is 6.04 Å². The van der Waals surface area contributed by atoms with E-state index in [4.69, 9.17) is 23.1 Å². The summed E-state index contributed by atoms with van der Waals surface area (Å²) in [6.45, 7) is 3.80. The molecule has 0 bridgehead atoms. The van der Waals surface area contributed by atoms with Gasteiger partial charge in [0.2, 0.25) is 5.91 Å². The van der Waals surface area contributed by atoms with Gasteiger partial charge in [0.15, 0.2) is 0 Å². The number of nitrogens with zero attached hydrogens (tertiary/aromatic N) is 2. The Balaban J connectivity index is 2.29. The second kappa shape index (κ2) is 4.55. The molecule has 0 spiro atoms. The summed E-state index contributed by atoms with van der Waals surface area (Å²) < 4.78 is 1.89. The second-order valence-electron chi connectivity index (χ2n) is 5.20. The van der Waals surface area contributed by atoms with Crippen LogP contribution >= 0.6 is 11.6 Å². The van der Waals surface area contributed by atoms with Crippen LogP contribution in [-0.4, -0.2) is 21.2 Å². The van der Waals surface area contributed by atoms with E-state index in [1.54, 1.807) is 0 Å². The van der Waals surface area contributed by atoms with E-state index >= 15 is 0 Å². The summed E-state index contributed by atoms with van der Waals surface area (Å²) in [6.07, 6.45) is 3.00. The average molecular weight is 271 g/mol. The number of aromatic nitrogens is 2. The fourth-order valence-electron chi connectivity index (χ4n) is 2.71. The lowest BCUT2D eigenvalue weighted by molar-refractivity contribution is -0.124. The summed E-state index contributed by atoms with van der Waals surface area (Å²) in [5, 5.41) is 5.12. The molecule has 1 amide bonds. The molecule has 0 aromatic carbocycles. The van der Waals surface area contributed by atoms with Crippen LogP contribution in [0, 0.1) is 13.8 Å². The van der Waals surface area contributed by atoms with Gasteiger partial charge in [-0.2, -0.15) is 5.10 Å². The number of hydrogen-bond donors (Lipinski definition) is 2. The summed E-state index contributed by atoms with van der Waals surface area (Å²) >= 11 is 6.14. The van der Waals surface area contributed by atoms with Crippen molar-refractivity contribution >= 4 is 17.5 Å². The van der Waals surface area contributed by atoms with Gasteiger partial charge in [0.1, 0.15) is 0 Å². The molecular weight excluding hydrogens is 252 g/mol. The molecule has 0 radical (unpaired) electrons. The quantitative estimate of drug-likeness (QED) is 0.853. The molecule has 2 unspecified atom stereocenters. The van der Waals surface area contributed by atoms with Gasteiger partial charge in [-0.15, -0.1) is 0 Å². The number of halogens is 1. The maximum Gasteiger partial charge on any atom is 0.237 e. The van der Waals surface area contributed by atoms with E-state index in [0.717, 1.165) is 24.2 Å². The minimum absolute atomic E-state index is 0.0995. The molecule has 0 aliphatic heterocycles. The number of amides is 1. The Hall–Kier alpha value is -1.07. The minimum atomic E-state index is -0.915. The van der Waals surface area contributed by atoms with Crippen LogP contribution < -0.4 is 11.5 Å². The van der Waals surface area contributed by atoms with Gasteiger partial charge >= 0.3 is 0 Å². The van der Waals surface area contributed by atoms with Crippen molar-refractivity contribution in [3.05, 3.63) is 16.4 Å². The first-order valence-electron chi connectivity index (χ1n) is 6.15. The van der Waals surface area contributed by atoms with Gasteiger partial charge in [0, 0.05) is 0 Å². The highest BCUT2D eigenvalue weighted by molar-refractivity contribution is 6.31. The monoisotopic (exact) mass is 270 g/mol. The average Bonchev–Trinajstić information content (AvgIpc) is 2.57. The zero-order chi connectivity index (χ0) is 13.5. The van der Waals surface area contributed by atoms with Crippen molar-refractivity contribution < 1.29 is 4.79 Å². The Kier molecular flexibility index (Phi) is 3.38. The first-order chi connectivity index (χ1) is 8.35. The molecule has 1 saturated carbocycles. The molecule has 1 fully saturated rings. The predicted octanol–water partition coefficient (Wildman–Crippen LogP) is 1.45. The van der Waals surface area contributed by atoms with Gasteiger partial charge in [0.05, 0.1) is 28.0 Å². The third kappa shape index (κ3) is 2.12. The van der Waals surface area contributed by atoms with Gasteiger partial charge in [-0.05, 0) is 39.5 Å². The van der Waals surface area contributed by atoms with Crippen LogP contribution in [0.15, 0.2) is 0 Å². The summed E-state index contributed by atoms with van der Waals surface area (Å²) in [6, 6.07) is 0.0995. The van der Waals surface area contributed by atoms with Gasteiger partial charge in [-0.3, -0.25) is 9.48 Å². The lowest BCUT2D eigenvalue weighted by Gasteiger charge is -2.35. The van der Waals surface area contributed by atoms with Crippen LogP contribution in [0.25, 0.3) is 0 Å². The summed E-state index contributed by atoms with van der Waals surface area (Å²) in [4.78, 5) is 11.5. The Morgan fingerprint density at radius 3 is 2.72 bits per heavy atom. The molecule has 1 aromatic heterocycles. The molecule has 2 atom stereocenters. The topological polar surface area (TPSA) is 86.9 Å². The molecule has 0 saturated heterocycles. The number of carbonyl (C=O) groups excluding carboxylic acids is 1. The fourth-order valence-corrected chi connectivity index (χ4v) is 2.83. The van der Waals surface area contributed by atoms with E-state index in [1.807, 2.05) is 18.5 Å². The summed E-state index contributed by atoms with van der Waals surface area (Å²) in [7, 11) is 0. The van der Waals surface area contributed by atoms with Crippen molar-refractivity contribution in [2.24, 2.45) is 11.5 Å². The van der Waals surface area contributed by atoms with E-state index in [9.17, 15) is 4.79 Å². The minimum Gasteiger partial charge on any atom is -0.368 e. The highest BCUT2D eigenvalue weighted by Gasteiger charge is 2.39. The van der Waals surface area contributed by atoms with Crippen LogP contribution in [0.5, 0.6) is 0 Å². The summed E-state index contributed by atoms with van der Waals surface area (Å²) in [5.41, 5.74) is 12.3. The third-order valence-electron chi connectivity index (χ3n) is 3.83. The smallest absolute Gasteiger partial charge is 0.237 e. The standard InChI is InChI=1S/C12H19ClN4O/c1-7-10(13)8(2)17(16-7)9-4-3-5-12(15,6-9)11(14)18/h9H,3-6,15H2,1-2H3,(H2,14,18). The van der Waals surface area contributed by atoms with Crippen molar-refractivity contribution in [1.82, 2.24) is 9.78 Å². The third-order valence-corrected chi connectivity index (χ3v) is 4.38. The van der Waals surface area contributed by atoms with Gasteiger partial charge in [-0.25, -0.2) is 0 Å². The molecule has 6 heteroatoms. The molecule has 1 heterocycles. The molecule has 100 valence electrons. The lowest BCUT2D eigenvalue weighted by Crippen LogP contribution is -2.55. The Morgan fingerprint density at radius 2 is 2.22 bits per heavy atom. The number of primary amides is 1. The SMILES string of the molecule is Cc1nn(C2CCCC(N)(C(N)=O)C2)c(C)c1Cl. The van der Waals surface area contributed by atoms with E-state index in [2.05, 4.69) is 5.10 Å². The molecule has 1 aromatic rings. The van der Waals surface area contributed by atoms with Crippen molar-refractivity contribution in [3.8, 4) is 0 Å². The number of hydrogen-bond acceptors (Lipinski definition) is 3. The van der Waals surface area contributed by atoms with E-state index in [0.29, 0.717) is 17.9 Å². The van der Waals surface area contributed by atoms with Crippen molar-refractivity contribution in [2.45, 2.75) is 51.1 Å². The van der Waals surface area contributed by atoms with Crippen molar-refractivity contribution in [2.75, 3.05) is 0 Å². The highest BCUT2D eigenvalue weighted by Crippen LogP contribution is 2.35. The molecular formula is C12H19ClN4O. The zero-order valence-electron chi connectivity index (χ0n) is 10.7. The maximum atomic E-state index is 11.5. The second-order valence-corrected chi connectivity index (χ2v) is 5.58. The molecule has 4 N–H and O–H groups in total. The van der Waals surface area contributed by atoms with Gasteiger partial charge in [0.25, 0.3) is 0 Å². The molecule has 1 aliphatic carbocycles. The van der Waals surface area contributed by atoms with Crippen LogP contribution in [0.1, 0.15) is 43.1 Å². The number of aryl methyl sites for hydroxylation is 1. The highest BCUT2D eigenvalue weighted by atomic mass is 35.5. The first-order valence-corrected chi connectivity index (χ1v) is 6.53. The number of nitrogens with two attached hydrogens (primary N) is 2. The van der Waals surface area contributed by atoms with Crippen LogP contribution in [0.4, 0.5) is 0 Å². The predicted molar refractivity (Wildman–Crippen MR) is 70.3 cm³/mol. The zero-order valence-corrected chi connectivity index (χ0v) is 11.5. The van der Waals surface area contributed by atoms with Crippen LogP contribution in [0.2, 0.25) is 5.02 Å². The Morgan fingerprint density at radius 1 is 1.56 bits per heavy atom. The molecule has 2 rings (SSSR count). The van der Waals surface area contributed by atoms with Crippen LogP contribution in [-0.2, 0) is 4.79 Å². The van der Waals surface area contributed by atoms with Crippen molar-refractivity contribution in [1.29, 1.82) is 0 Å². The summed E-state index contributed by atoms with van der Waals surface area (Å²) in [5.74, 6) is -0.431. The van der Waals surface area contributed by atoms with Crippen molar-refractivity contribution in [3.63, 3.8) is 0 Å². The molecule has 5 nitrogen and oxygen atoms in total. The fraction of sp³-hybridized carbons (Fsp3) is 0.667. The Bertz CT molecular complexity index is 485. The first kappa shape index (κ1) is 13.4. The molecule has 1 aliphatic rings. The van der Waals surface area contributed by atoms with Gasteiger partial charge < -0.3 is 11.5 Å². The van der Waals surface area contributed by atoms with E-state index in [1.165, 1.54) is 0 Å².